The number of ether oxygens (including phenoxy) is 1. The zero-order valence-electron chi connectivity index (χ0n) is 12.7. The topological polar surface area (TPSA) is 26.3 Å². The Hall–Kier alpha value is -1.79. The molecule has 0 saturated carbocycles. The lowest BCUT2D eigenvalue weighted by Gasteiger charge is -2.01. The minimum atomic E-state index is -0.129. The largest absolute Gasteiger partial charge is 0.466 e. The monoisotopic (exact) mass is 259 g/mol. The molecule has 0 aromatic heterocycles. The summed E-state index contributed by atoms with van der Waals surface area (Å²) >= 11 is 0. The molecule has 0 aliphatic heterocycles. The van der Waals surface area contributed by atoms with Gasteiger partial charge in [-0.25, -0.2) is 0 Å². The molecule has 0 amide bonds. The quantitative estimate of drug-likeness (QED) is 0.413. The number of carbonyl (C=O) groups is 1. The van der Waals surface area contributed by atoms with Gasteiger partial charge in [0.1, 0.15) is 0 Å². The van der Waals surface area contributed by atoms with Crippen molar-refractivity contribution in [2.75, 3.05) is 6.61 Å². The van der Waals surface area contributed by atoms with Crippen LogP contribution in [0.5, 0.6) is 0 Å². The van der Waals surface area contributed by atoms with Gasteiger partial charge in [-0.15, -0.1) is 5.73 Å². The van der Waals surface area contributed by atoms with Gasteiger partial charge < -0.3 is 4.74 Å². The molecule has 0 aliphatic carbocycles. The van der Waals surface area contributed by atoms with Gasteiger partial charge in [0.2, 0.25) is 0 Å². The predicted molar refractivity (Wildman–Crippen MR) is 78.7 cm³/mol. The van der Waals surface area contributed by atoms with Crippen molar-refractivity contribution in [3.63, 3.8) is 0 Å². The van der Waals surface area contributed by atoms with E-state index in [2.05, 4.69) is 5.73 Å². The van der Waals surface area contributed by atoms with Crippen LogP contribution in [0.15, 0.2) is 41.6 Å². The van der Waals surface area contributed by atoms with E-state index in [0.29, 0.717) is 19.1 Å². The first kappa shape index (κ1) is 13.6. The van der Waals surface area contributed by atoms with Crippen LogP contribution in [0.1, 0.15) is 46.5 Å². The van der Waals surface area contributed by atoms with Crippen LogP contribution in [0.3, 0.4) is 0 Å². The zero-order chi connectivity index (χ0) is 14.8. The number of hydrogen-bond donors (Lipinski definition) is 0. The Morgan fingerprint density at radius 2 is 2.00 bits per heavy atom. The SMILES string of the molecule is [2H]C(=C=C(C)CCCCC(=O)OCC)c1ccccc1. The van der Waals surface area contributed by atoms with Crippen molar-refractivity contribution >= 4 is 12.0 Å². The molecule has 2 nitrogen and oxygen atoms in total. The molecule has 102 valence electrons. The first-order valence-corrected chi connectivity index (χ1v) is 6.77. The summed E-state index contributed by atoms with van der Waals surface area (Å²) in [5.41, 5.74) is 5.01. The summed E-state index contributed by atoms with van der Waals surface area (Å²) in [7, 11) is 0. The van der Waals surface area contributed by atoms with Crippen molar-refractivity contribution in [3.05, 3.63) is 47.2 Å². The van der Waals surface area contributed by atoms with Gasteiger partial charge in [-0.3, -0.25) is 4.79 Å². The molecular formula is C17H22O2. The first-order chi connectivity index (χ1) is 9.63. The van der Waals surface area contributed by atoms with Crippen LogP contribution in [0, 0.1) is 0 Å². The van der Waals surface area contributed by atoms with Crippen LogP contribution < -0.4 is 0 Å². The highest BCUT2D eigenvalue weighted by Gasteiger charge is 2.00. The second-order valence-corrected chi connectivity index (χ2v) is 4.41. The predicted octanol–water partition coefficient (Wildman–Crippen LogP) is 4.37. The van der Waals surface area contributed by atoms with Gasteiger partial charge in [-0.05, 0) is 50.3 Å². The molecule has 19 heavy (non-hydrogen) atoms. The molecule has 2 heteroatoms. The third-order valence-electron chi connectivity index (χ3n) is 2.68. The molecule has 0 heterocycles. The fourth-order valence-electron chi connectivity index (χ4n) is 1.66. The van der Waals surface area contributed by atoms with Gasteiger partial charge in [0, 0.05) is 6.42 Å². The summed E-state index contributed by atoms with van der Waals surface area (Å²) in [6.07, 6.45) is 3.06. The Balaban J connectivity index is 2.44. The van der Waals surface area contributed by atoms with E-state index in [1.807, 2.05) is 44.2 Å². The maximum Gasteiger partial charge on any atom is 0.305 e. The molecule has 0 fully saturated rings. The molecular weight excluding hydrogens is 236 g/mol. The molecule has 0 radical (unpaired) electrons. The van der Waals surface area contributed by atoms with Crippen LogP contribution in [0.25, 0.3) is 6.05 Å². The van der Waals surface area contributed by atoms with Crippen LogP contribution in [-0.4, -0.2) is 12.6 Å². The van der Waals surface area contributed by atoms with Crippen molar-refractivity contribution in [1.29, 1.82) is 0 Å². The van der Waals surface area contributed by atoms with Gasteiger partial charge in [0.25, 0.3) is 0 Å². The van der Waals surface area contributed by atoms with Gasteiger partial charge >= 0.3 is 5.97 Å². The zero-order valence-corrected chi connectivity index (χ0v) is 11.7. The van der Waals surface area contributed by atoms with E-state index in [-0.39, 0.29) is 5.97 Å². The normalized spacial score (nSPS) is 10.3. The number of hydrogen-bond acceptors (Lipinski definition) is 2. The summed E-state index contributed by atoms with van der Waals surface area (Å²) in [5.74, 6) is -0.129. The molecule has 0 aliphatic rings. The lowest BCUT2D eigenvalue weighted by Crippen LogP contribution is -2.03. The van der Waals surface area contributed by atoms with Crippen molar-refractivity contribution < 1.29 is 10.9 Å². The average molecular weight is 259 g/mol. The smallest absolute Gasteiger partial charge is 0.305 e. The molecule has 0 spiro atoms. The van der Waals surface area contributed by atoms with Crippen LogP contribution in [-0.2, 0) is 9.53 Å². The maximum atomic E-state index is 11.2. The molecule has 1 aromatic rings. The highest BCUT2D eigenvalue weighted by Crippen LogP contribution is 2.09. The molecule has 1 rings (SSSR count). The Bertz CT molecular complexity index is 485. The van der Waals surface area contributed by atoms with Crippen molar-refractivity contribution in [2.24, 2.45) is 0 Å². The van der Waals surface area contributed by atoms with Gasteiger partial charge in [0.15, 0.2) is 0 Å². The number of benzene rings is 1. The molecule has 1 aromatic carbocycles. The number of unbranched alkanes of at least 4 members (excludes halogenated alkanes) is 1. The number of rotatable bonds is 7. The minimum Gasteiger partial charge on any atom is -0.466 e. The molecule has 0 saturated heterocycles. The Labute approximate surface area is 117 Å². The molecule has 0 atom stereocenters. The maximum absolute atomic E-state index is 11.2. The summed E-state index contributed by atoms with van der Waals surface area (Å²) in [4.78, 5) is 11.2. The Kier molecular flexibility index (Phi) is 6.59. The van der Waals surface area contributed by atoms with E-state index in [1.165, 1.54) is 0 Å². The summed E-state index contributed by atoms with van der Waals surface area (Å²) in [5, 5.41) is 0. The fourth-order valence-corrected chi connectivity index (χ4v) is 1.66. The molecule has 0 unspecified atom stereocenters. The van der Waals surface area contributed by atoms with E-state index in [1.54, 1.807) is 0 Å². The second-order valence-electron chi connectivity index (χ2n) is 4.41. The van der Waals surface area contributed by atoms with E-state index >= 15 is 0 Å². The van der Waals surface area contributed by atoms with E-state index in [4.69, 9.17) is 6.11 Å². The highest BCUT2D eigenvalue weighted by molar-refractivity contribution is 5.69. The summed E-state index contributed by atoms with van der Waals surface area (Å²) < 4.78 is 12.8. The van der Waals surface area contributed by atoms with E-state index in [0.717, 1.165) is 30.4 Å². The van der Waals surface area contributed by atoms with E-state index < -0.39 is 0 Å². The average Bonchev–Trinajstić information content (AvgIpc) is 2.45. The summed E-state index contributed by atoms with van der Waals surface area (Å²) in [6, 6.07) is 9.99. The molecule has 0 bridgehead atoms. The van der Waals surface area contributed by atoms with Gasteiger partial charge in [-0.2, -0.15) is 0 Å². The van der Waals surface area contributed by atoms with Gasteiger partial charge in [0.05, 0.1) is 7.98 Å². The molecule has 0 N–H and O–H groups in total. The van der Waals surface area contributed by atoms with Crippen LogP contribution in [0.4, 0.5) is 0 Å². The Morgan fingerprint density at radius 1 is 1.32 bits per heavy atom. The highest BCUT2D eigenvalue weighted by atomic mass is 16.5. The number of allylic oxidation sites excluding steroid dienone is 1. The lowest BCUT2D eigenvalue weighted by molar-refractivity contribution is -0.143. The standard InChI is InChI=1S/C17H22O2/c1-3-19-17(18)12-8-7-9-15(2)13-14-16-10-5-4-6-11-16/h4-6,10-11,14H,3,7-9,12H2,1-2H3/i14D. The minimum absolute atomic E-state index is 0.129. The van der Waals surface area contributed by atoms with Crippen LogP contribution >= 0.6 is 0 Å². The summed E-state index contributed by atoms with van der Waals surface area (Å²) in [6.45, 7) is 4.23. The van der Waals surface area contributed by atoms with E-state index in [9.17, 15) is 4.79 Å². The number of carbonyl (C=O) groups excluding carboxylic acids is 1. The van der Waals surface area contributed by atoms with Crippen LogP contribution in [0.2, 0.25) is 0 Å². The van der Waals surface area contributed by atoms with Crippen molar-refractivity contribution in [2.45, 2.75) is 39.5 Å². The third kappa shape index (κ3) is 7.28. The second kappa shape index (κ2) is 9.18. The third-order valence-corrected chi connectivity index (χ3v) is 2.68. The van der Waals surface area contributed by atoms with Gasteiger partial charge in [-0.1, -0.05) is 30.3 Å². The fraction of sp³-hybridized carbons (Fsp3) is 0.412. The number of esters is 1. The van der Waals surface area contributed by atoms with Crippen molar-refractivity contribution in [3.8, 4) is 0 Å². The van der Waals surface area contributed by atoms with Crippen molar-refractivity contribution in [1.82, 2.24) is 0 Å². The lowest BCUT2D eigenvalue weighted by atomic mass is 10.1. The first-order valence-electron chi connectivity index (χ1n) is 7.27. The Morgan fingerprint density at radius 3 is 2.68 bits per heavy atom.